The van der Waals surface area contributed by atoms with Crippen molar-refractivity contribution >= 4 is 11.7 Å². The summed E-state index contributed by atoms with van der Waals surface area (Å²) in [5.41, 5.74) is 12.2. The van der Waals surface area contributed by atoms with Gasteiger partial charge in [-0.05, 0) is 38.3 Å². The molecule has 1 unspecified atom stereocenters. The number of carbonyl (C=O) groups excluding carboxylic acids is 1. The standard InChI is InChI=1S/C14H24N4O/c1-9(2)7-14(4,8-15)18-13-11(12(16)19)6-5-10(3)17-13/h5-6,9H,7-8,15H2,1-4H3,(H2,16,19)(H,17,18). The highest BCUT2D eigenvalue weighted by atomic mass is 16.1. The van der Waals surface area contributed by atoms with Crippen molar-refractivity contribution in [1.29, 1.82) is 0 Å². The Morgan fingerprint density at radius 2 is 2.11 bits per heavy atom. The molecule has 1 amide bonds. The molecule has 0 aliphatic heterocycles. The minimum atomic E-state index is -0.487. The van der Waals surface area contributed by atoms with Crippen molar-refractivity contribution in [3.63, 3.8) is 0 Å². The molecule has 0 saturated heterocycles. The fourth-order valence-corrected chi connectivity index (χ4v) is 2.22. The number of rotatable bonds is 6. The van der Waals surface area contributed by atoms with Gasteiger partial charge in [0.1, 0.15) is 5.82 Å². The Balaban J connectivity index is 3.08. The molecule has 1 aromatic rings. The first-order chi connectivity index (χ1) is 8.77. The summed E-state index contributed by atoms with van der Waals surface area (Å²) in [6.45, 7) is 8.63. The second kappa shape index (κ2) is 6.02. The van der Waals surface area contributed by atoms with E-state index in [-0.39, 0.29) is 5.54 Å². The van der Waals surface area contributed by atoms with Gasteiger partial charge < -0.3 is 16.8 Å². The summed E-state index contributed by atoms with van der Waals surface area (Å²) < 4.78 is 0. The van der Waals surface area contributed by atoms with Gasteiger partial charge >= 0.3 is 0 Å². The van der Waals surface area contributed by atoms with E-state index in [1.807, 2.05) is 13.8 Å². The molecule has 1 rings (SSSR count). The van der Waals surface area contributed by atoms with Crippen LogP contribution in [0.5, 0.6) is 0 Å². The van der Waals surface area contributed by atoms with Crippen LogP contribution in [0.3, 0.4) is 0 Å². The van der Waals surface area contributed by atoms with Gasteiger partial charge in [0.05, 0.1) is 5.56 Å². The third-order valence-corrected chi connectivity index (χ3v) is 3.03. The summed E-state index contributed by atoms with van der Waals surface area (Å²) in [5.74, 6) is 0.517. The average Bonchev–Trinajstić information content (AvgIpc) is 2.27. The Labute approximate surface area is 114 Å². The number of hydrogen-bond donors (Lipinski definition) is 3. The van der Waals surface area contributed by atoms with E-state index < -0.39 is 5.91 Å². The molecule has 1 heterocycles. The van der Waals surface area contributed by atoms with Crippen LogP contribution in [0.15, 0.2) is 12.1 Å². The maximum atomic E-state index is 11.4. The Kier molecular flexibility index (Phi) is 4.89. The van der Waals surface area contributed by atoms with Gasteiger partial charge in [0, 0.05) is 17.8 Å². The number of anilines is 1. The van der Waals surface area contributed by atoms with E-state index in [1.54, 1.807) is 12.1 Å². The lowest BCUT2D eigenvalue weighted by Gasteiger charge is -2.32. The first kappa shape index (κ1) is 15.4. The Morgan fingerprint density at radius 3 is 2.58 bits per heavy atom. The minimum absolute atomic E-state index is 0.306. The summed E-state index contributed by atoms with van der Waals surface area (Å²) in [6, 6.07) is 3.47. The fourth-order valence-electron chi connectivity index (χ4n) is 2.22. The third-order valence-electron chi connectivity index (χ3n) is 3.03. The molecule has 0 aliphatic carbocycles. The average molecular weight is 264 g/mol. The largest absolute Gasteiger partial charge is 0.365 e. The number of amides is 1. The molecule has 0 radical (unpaired) electrons. The van der Waals surface area contributed by atoms with Crippen LogP contribution in [0.4, 0.5) is 5.82 Å². The quantitative estimate of drug-likeness (QED) is 0.728. The number of nitrogens with zero attached hydrogens (tertiary/aromatic N) is 1. The van der Waals surface area contributed by atoms with Crippen molar-refractivity contribution in [3.05, 3.63) is 23.4 Å². The Bertz CT molecular complexity index is 459. The van der Waals surface area contributed by atoms with Gasteiger partial charge in [-0.3, -0.25) is 4.79 Å². The molecule has 0 fully saturated rings. The molecule has 1 atom stereocenters. The van der Waals surface area contributed by atoms with Gasteiger partial charge in [0.2, 0.25) is 0 Å². The maximum Gasteiger partial charge on any atom is 0.252 e. The van der Waals surface area contributed by atoms with Crippen molar-refractivity contribution < 1.29 is 4.79 Å². The van der Waals surface area contributed by atoms with Crippen LogP contribution in [-0.4, -0.2) is 23.0 Å². The highest BCUT2D eigenvalue weighted by Crippen LogP contribution is 2.23. The van der Waals surface area contributed by atoms with Crippen LogP contribution < -0.4 is 16.8 Å². The molecular weight excluding hydrogens is 240 g/mol. The van der Waals surface area contributed by atoms with Crippen LogP contribution in [0.25, 0.3) is 0 Å². The van der Waals surface area contributed by atoms with Gasteiger partial charge in [0.15, 0.2) is 0 Å². The van der Waals surface area contributed by atoms with Crippen LogP contribution in [0, 0.1) is 12.8 Å². The number of carbonyl (C=O) groups is 1. The van der Waals surface area contributed by atoms with E-state index in [0.717, 1.165) is 12.1 Å². The molecule has 0 aliphatic rings. The normalized spacial score (nSPS) is 14.2. The molecule has 5 heteroatoms. The smallest absolute Gasteiger partial charge is 0.252 e. The molecule has 0 aromatic carbocycles. The summed E-state index contributed by atoms with van der Waals surface area (Å²) in [4.78, 5) is 15.8. The van der Waals surface area contributed by atoms with E-state index in [2.05, 4.69) is 24.1 Å². The van der Waals surface area contributed by atoms with E-state index in [9.17, 15) is 4.79 Å². The predicted octanol–water partition coefficient (Wildman–Crippen LogP) is 1.66. The number of aromatic nitrogens is 1. The van der Waals surface area contributed by atoms with E-state index in [0.29, 0.717) is 23.8 Å². The topological polar surface area (TPSA) is 94.0 Å². The molecule has 5 N–H and O–H groups in total. The van der Waals surface area contributed by atoms with Gasteiger partial charge in [-0.15, -0.1) is 0 Å². The van der Waals surface area contributed by atoms with Crippen LogP contribution in [-0.2, 0) is 0 Å². The van der Waals surface area contributed by atoms with Crippen LogP contribution in [0.1, 0.15) is 43.2 Å². The lowest BCUT2D eigenvalue weighted by Crippen LogP contribution is -2.44. The van der Waals surface area contributed by atoms with E-state index in [4.69, 9.17) is 11.5 Å². The van der Waals surface area contributed by atoms with Gasteiger partial charge in [-0.25, -0.2) is 4.98 Å². The van der Waals surface area contributed by atoms with Crippen molar-refractivity contribution in [3.8, 4) is 0 Å². The highest BCUT2D eigenvalue weighted by Gasteiger charge is 2.25. The zero-order chi connectivity index (χ0) is 14.6. The molecule has 0 spiro atoms. The van der Waals surface area contributed by atoms with Crippen molar-refractivity contribution in [1.82, 2.24) is 4.98 Å². The number of primary amides is 1. The predicted molar refractivity (Wildman–Crippen MR) is 78.0 cm³/mol. The Morgan fingerprint density at radius 1 is 1.47 bits per heavy atom. The Hall–Kier alpha value is -1.62. The van der Waals surface area contributed by atoms with Crippen molar-refractivity contribution in [2.45, 2.75) is 39.7 Å². The van der Waals surface area contributed by atoms with Crippen LogP contribution >= 0.6 is 0 Å². The summed E-state index contributed by atoms with van der Waals surface area (Å²) in [7, 11) is 0. The monoisotopic (exact) mass is 264 g/mol. The molecule has 5 nitrogen and oxygen atoms in total. The summed E-state index contributed by atoms with van der Waals surface area (Å²) in [5, 5.41) is 3.29. The molecule has 106 valence electrons. The first-order valence-electron chi connectivity index (χ1n) is 6.53. The molecular formula is C14H24N4O. The number of nitrogens with one attached hydrogen (secondary N) is 1. The van der Waals surface area contributed by atoms with Gasteiger partial charge in [-0.1, -0.05) is 13.8 Å². The second-order valence-corrected chi connectivity index (χ2v) is 5.70. The number of nitrogens with two attached hydrogens (primary N) is 2. The summed E-state index contributed by atoms with van der Waals surface area (Å²) >= 11 is 0. The number of pyridine rings is 1. The minimum Gasteiger partial charge on any atom is -0.365 e. The number of hydrogen-bond acceptors (Lipinski definition) is 4. The lowest BCUT2D eigenvalue weighted by atomic mass is 9.90. The SMILES string of the molecule is Cc1ccc(C(N)=O)c(NC(C)(CN)CC(C)C)n1. The molecule has 0 bridgehead atoms. The van der Waals surface area contributed by atoms with Crippen molar-refractivity contribution in [2.24, 2.45) is 17.4 Å². The van der Waals surface area contributed by atoms with E-state index >= 15 is 0 Å². The van der Waals surface area contributed by atoms with E-state index in [1.165, 1.54) is 0 Å². The highest BCUT2D eigenvalue weighted by molar-refractivity contribution is 5.97. The molecule has 19 heavy (non-hydrogen) atoms. The molecule has 1 aromatic heterocycles. The zero-order valence-corrected chi connectivity index (χ0v) is 12.2. The second-order valence-electron chi connectivity index (χ2n) is 5.70. The lowest BCUT2D eigenvalue weighted by molar-refractivity contribution is 0.100. The van der Waals surface area contributed by atoms with Crippen molar-refractivity contribution in [2.75, 3.05) is 11.9 Å². The zero-order valence-electron chi connectivity index (χ0n) is 12.2. The van der Waals surface area contributed by atoms with Gasteiger partial charge in [0.25, 0.3) is 5.91 Å². The number of aryl methyl sites for hydroxylation is 1. The first-order valence-corrected chi connectivity index (χ1v) is 6.53. The fraction of sp³-hybridized carbons (Fsp3) is 0.571. The van der Waals surface area contributed by atoms with Crippen LogP contribution in [0.2, 0.25) is 0 Å². The summed E-state index contributed by atoms with van der Waals surface area (Å²) in [6.07, 6.45) is 0.886. The molecule has 0 saturated carbocycles. The third kappa shape index (κ3) is 4.21. The van der Waals surface area contributed by atoms with Gasteiger partial charge in [-0.2, -0.15) is 0 Å². The maximum absolute atomic E-state index is 11.4.